The number of hydrogen-bond acceptors (Lipinski definition) is 3. The summed E-state index contributed by atoms with van der Waals surface area (Å²) in [6.45, 7) is 3.69. The van der Waals surface area contributed by atoms with Crippen LogP contribution in [-0.2, 0) is 4.79 Å². The Hall–Kier alpha value is -1.61. The van der Waals surface area contributed by atoms with E-state index in [2.05, 4.69) is 32.4 Å². The molecule has 100 valence electrons. The molecule has 0 unspecified atom stereocenters. The van der Waals surface area contributed by atoms with E-state index < -0.39 is 6.04 Å². The first-order valence-electron chi connectivity index (χ1n) is 6.17. The van der Waals surface area contributed by atoms with Crippen molar-refractivity contribution >= 4 is 21.8 Å². The maximum Gasteiger partial charge on any atom is 0.248 e. The summed E-state index contributed by atoms with van der Waals surface area (Å²) in [5, 5.41) is 16.0. The summed E-state index contributed by atoms with van der Waals surface area (Å²) < 4.78 is 2.55. The number of carbonyl (C=O) groups is 1. The van der Waals surface area contributed by atoms with Crippen LogP contribution in [0.4, 0.5) is 0 Å². The van der Waals surface area contributed by atoms with Gasteiger partial charge >= 0.3 is 0 Å². The van der Waals surface area contributed by atoms with Gasteiger partial charge in [-0.2, -0.15) is 10.4 Å². The zero-order chi connectivity index (χ0) is 14.0. The van der Waals surface area contributed by atoms with Crippen LogP contribution in [0, 0.1) is 18.3 Å². The van der Waals surface area contributed by atoms with Crippen LogP contribution in [-0.4, -0.2) is 15.7 Å². The third-order valence-corrected chi connectivity index (χ3v) is 4.14. The van der Waals surface area contributed by atoms with Gasteiger partial charge in [0.2, 0.25) is 5.91 Å². The van der Waals surface area contributed by atoms with E-state index in [4.69, 9.17) is 5.26 Å². The first-order chi connectivity index (χ1) is 9.04. The minimum atomic E-state index is -0.403. The van der Waals surface area contributed by atoms with Gasteiger partial charge in [-0.3, -0.25) is 9.48 Å². The minimum absolute atomic E-state index is 0.136. The molecule has 1 aromatic heterocycles. The van der Waals surface area contributed by atoms with E-state index in [1.165, 1.54) is 0 Å². The van der Waals surface area contributed by atoms with E-state index in [-0.39, 0.29) is 5.91 Å². The molecule has 0 saturated carbocycles. The number of nitrogens with one attached hydrogen (secondary N) is 1. The summed E-state index contributed by atoms with van der Waals surface area (Å²) >= 11 is 3.37. The summed E-state index contributed by atoms with van der Waals surface area (Å²) in [7, 11) is 0. The summed E-state index contributed by atoms with van der Waals surface area (Å²) in [4.78, 5) is 12.2. The number of amides is 1. The second kappa shape index (κ2) is 5.57. The average Bonchev–Trinajstić information content (AvgIpc) is 2.97. The number of carbonyl (C=O) groups excluding carboxylic acids is 1. The van der Waals surface area contributed by atoms with Gasteiger partial charge in [0.1, 0.15) is 6.04 Å². The number of hydrogen-bond donors (Lipinski definition) is 1. The van der Waals surface area contributed by atoms with Crippen LogP contribution in [0.15, 0.2) is 21.9 Å². The lowest BCUT2D eigenvalue weighted by molar-refractivity contribution is -0.123. The summed E-state index contributed by atoms with van der Waals surface area (Å²) in [6, 6.07) is 1.75. The van der Waals surface area contributed by atoms with Crippen LogP contribution >= 0.6 is 15.9 Å². The van der Waals surface area contributed by atoms with Gasteiger partial charge in [-0.05, 0) is 49.0 Å². The topological polar surface area (TPSA) is 70.7 Å². The molecule has 0 aliphatic heterocycles. The first-order valence-corrected chi connectivity index (χ1v) is 6.96. The number of halogens is 1. The van der Waals surface area contributed by atoms with Crippen molar-refractivity contribution in [3.63, 3.8) is 0 Å². The van der Waals surface area contributed by atoms with E-state index >= 15 is 0 Å². The van der Waals surface area contributed by atoms with Gasteiger partial charge in [-0.1, -0.05) is 0 Å². The van der Waals surface area contributed by atoms with Crippen LogP contribution in [0.5, 0.6) is 0 Å². The van der Waals surface area contributed by atoms with Crippen molar-refractivity contribution in [2.45, 2.75) is 39.2 Å². The van der Waals surface area contributed by atoms with Crippen LogP contribution in [0.2, 0.25) is 0 Å². The van der Waals surface area contributed by atoms with E-state index in [9.17, 15) is 4.79 Å². The molecule has 1 aliphatic carbocycles. The van der Waals surface area contributed by atoms with Gasteiger partial charge in [-0.25, -0.2) is 0 Å². The zero-order valence-corrected chi connectivity index (χ0v) is 12.5. The Bertz CT molecular complexity index is 582. The zero-order valence-electron chi connectivity index (χ0n) is 10.9. The fourth-order valence-corrected chi connectivity index (χ4v) is 2.44. The molecule has 1 amide bonds. The van der Waals surface area contributed by atoms with Gasteiger partial charge in [0.15, 0.2) is 0 Å². The standard InChI is InChI=1S/C13H15BrN4O/c1-8-11(14)7-16-18(8)9(2)13(19)17-12-5-3-4-10(12)6-15/h7,9H,3-5H2,1-2H3,(H,17,19)/t9-/m0/s1. The maximum atomic E-state index is 12.2. The molecule has 19 heavy (non-hydrogen) atoms. The van der Waals surface area contributed by atoms with E-state index in [1.54, 1.807) is 17.8 Å². The Labute approximate surface area is 120 Å². The molecule has 1 aliphatic rings. The first kappa shape index (κ1) is 13.8. The monoisotopic (exact) mass is 322 g/mol. The highest BCUT2D eigenvalue weighted by Crippen LogP contribution is 2.24. The molecule has 1 atom stereocenters. The van der Waals surface area contributed by atoms with E-state index in [1.807, 2.05) is 6.92 Å². The molecule has 1 N–H and O–H groups in total. The van der Waals surface area contributed by atoms with Gasteiger partial charge in [0.25, 0.3) is 0 Å². The average molecular weight is 323 g/mol. The molecule has 1 heterocycles. The van der Waals surface area contributed by atoms with Crippen LogP contribution in [0.25, 0.3) is 0 Å². The largest absolute Gasteiger partial charge is 0.327 e. The van der Waals surface area contributed by atoms with Crippen molar-refractivity contribution in [3.8, 4) is 6.07 Å². The fraction of sp³-hybridized carbons (Fsp3) is 0.462. The summed E-state index contributed by atoms with van der Waals surface area (Å²) in [5.74, 6) is -0.136. The lowest BCUT2D eigenvalue weighted by Gasteiger charge is -2.15. The van der Waals surface area contributed by atoms with Crippen LogP contribution < -0.4 is 5.32 Å². The van der Waals surface area contributed by atoms with Gasteiger partial charge < -0.3 is 5.32 Å². The molecule has 0 bridgehead atoms. The summed E-state index contributed by atoms with van der Waals surface area (Å²) in [5.41, 5.74) is 2.37. The molecule has 1 aromatic rings. The molecule has 0 saturated heterocycles. The molecular weight excluding hydrogens is 308 g/mol. The number of allylic oxidation sites excluding steroid dienone is 2. The highest BCUT2D eigenvalue weighted by atomic mass is 79.9. The third kappa shape index (κ3) is 2.71. The second-order valence-corrected chi connectivity index (χ2v) is 5.46. The molecular formula is C13H15BrN4O. The second-order valence-electron chi connectivity index (χ2n) is 4.61. The Morgan fingerprint density at radius 2 is 2.37 bits per heavy atom. The number of nitrogens with zero attached hydrogens (tertiary/aromatic N) is 3. The predicted octanol–water partition coefficient (Wildman–Crippen LogP) is 2.59. The summed E-state index contributed by atoms with van der Waals surface area (Å²) in [6.07, 6.45) is 4.13. The Morgan fingerprint density at radius 1 is 1.63 bits per heavy atom. The smallest absolute Gasteiger partial charge is 0.248 e. The predicted molar refractivity (Wildman–Crippen MR) is 74.0 cm³/mol. The van der Waals surface area contributed by atoms with Gasteiger partial charge in [0.05, 0.1) is 22.4 Å². The number of rotatable bonds is 3. The molecule has 0 radical (unpaired) electrons. The highest BCUT2D eigenvalue weighted by Gasteiger charge is 2.22. The quantitative estimate of drug-likeness (QED) is 0.929. The van der Waals surface area contributed by atoms with Crippen molar-refractivity contribution in [1.82, 2.24) is 15.1 Å². The lowest BCUT2D eigenvalue weighted by atomic mass is 10.2. The van der Waals surface area contributed by atoms with E-state index in [0.717, 1.165) is 35.1 Å². The molecule has 0 fully saturated rings. The van der Waals surface area contributed by atoms with Crippen molar-refractivity contribution in [2.75, 3.05) is 0 Å². The van der Waals surface area contributed by atoms with Crippen molar-refractivity contribution in [3.05, 3.63) is 27.6 Å². The van der Waals surface area contributed by atoms with Crippen molar-refractivity contribution < 1.29 is 4.79 Å². The minimum Gasteiger partial charge on any atom is -0.327 e. The van der Waals surface area contributed by atoms with Crippen molar-refractivity contribution in [1.29, 1.82) is 5.26 Å². The van der Waals surface area contributed by atoms with Crippen LogP contribution in [0.3, 0.4) is 0 Å². The SMILES string of the molecule is Cc1c(Br)cnn1[C@@H](C)C(=O)NC1=C(C#N)CCC1. The highest BCUT2D eigenvalue weighted by molar-refractivity contribution is 9.10. The Morgan fingerprint density at radius 3 is 2.95 bits per heavy atom. The number of aromatic nitrogens is 2. The maximum absolute atomic E-state index is 12.2. The van der Waals surface area contributed by atoms with Gasteiger partial charge in [0, 0.05) is 11.3 Å². The lowest BCUT2D eigenvalue weighted by Crippen LogP contribution is -2.31. The van der Waals surface area contributed by atoms with Crippen molar-refractivity contribution in [2.24, 2.45) is 0 Å². The molecule has 6 heteroatoms. The molecule has 5 nitrogen and oxygen atoms in total. The molecule has 2 rings (SSSR count). The van der Waals surface area contributed by atoms with E-state index in [0.29, 0.717) is 5.57 Å². The number of nitriles is 1. The molecule has 0 aromatic carbocycles. The molecule has 0 spiro atoms. The fourth-order valence-electron chi connectivity index (χ4n) is 2.16. The third-order valence-electron chi connectivity index (χ3n) is 3.36. The Kier molecular flexibility index (Phi) is 4.05. The normalized spacial score (nSPS) is 16.3. The van der Waals surface area contributed by atoms with Gasteiger partial charge in [-0.15, -0.1) is 0 Å². The Balaban J connectivity index is 2.13. The van der Waals surface area contributed by atoms with Crippen LogP contribution in [0.1, 0.15) is 37.9 Å².